The number of aromatic amines is 1. The smallest absolute Gasteiger partial charge is 0.280 e. The number of aryl methyl sites for hydroxylation is 1. The van der Waals surface area contributed by atoms with Gasteiger partial charge in [0.05, 0.1) is 11.0 Å². The Kier molecular flexibility index (Phi) is 5.55. The molecule has 2 N–H and O–H groups in total. The van der Waals surface area contributed by atoms with E-state index in [0.29, 0.717) is 23.7 Å². The van der Waals surface area contributed by atoms with E-state index in [2.05, 4.69) is 66.4 Å². The lowest BCUT2D eigenvalue weighted by atomic mass is 10.1. The maximum Gasteiger partial charge on any atom is 0.280 e. The van der Waals surface area contributed by atoms with Gasteiger partial charge in [-0.15, -0.1) is 0 Å². The Hall–Kier alpha value is -3.36. The molecule has 3 heterocycles. The third-order valence-electron chi connectivity index (χ3n) is 5.95. The summed E-state index contributed by atoms with van der Waals surface area (Å²) in [4.78, 5) is 33.6. The number of fused-ring (bicyclic) bond motifs is 2. The third-order valence-corrected chi connectivity index (χ3v) is 5.95. The van der Waals surface area contributed by atoms with Crippen molar-refractivity contribution in [3.8, 4) is 0 Å². The van der Waals surface area contributed by atoms with Crippen molar-refractivity contribution in [2.24, 2.45) is 0 Å². The number of hydrogen-bond acceptors (Lipinski definition) is 7. The number of H-pyrrole nitrogens is 1. The molecule has 1 aliphatic rings. The minimum Gasteiger partial charge on any atom is -0.352 e. The fourth-order valence-electron chi connectivity index (χ4n) is 3.98. The molecule has 2 aromatic heterocycles. The lowest BCUT2D eigenvalue weighted by Gasteiger charge is -2.32. The number of aromatic nitrogens is 4. The van der Waals surface area contributed by atoms with Crippen LogP contribution in [-0.4, -0.2) is 63.0 Å². The van der Waals surface area contributed by atoms with Crippen LogP contribution in [0.5, 0.6) is 0 Å². The number of benzene rings is 2. The van der Waals surface area contributed by atoms with Crippen LogP contribution in [0.25, 0.3) is 22.2 Å². The average molecular weight is 430 g/mol. The van der Waals surface area contributed by atoms with Crippen molar-refractivity contribution in [2.75, 3.05) is 38.5 Å². The molecule has 4 aromatic rings. The van der Waals surface area contributed by atoms with Gasteiger partial charge in [0.15, 0.2) is 11.2 Å². The predicted octanol–water partition coefficient (Wildman–Crippen LogP) is 2.53. The Balaban J connectivity index is 1.28. The molecule has 5 rings (SSSR count). The van der Waals surface area contributed by atoms with Gasteiger partial charge >= 0.3 is 0 Å². The van der Waals surface area contributed by atoms with E-state index < -0.39 is 0 Å². The Morgan fingerprint density at radius 2 is 1.69 bits per heavy atom. The highest BCUT2D eigenvalue weighted by Crippen LogP contribution is 2.15. The van der Waals surface area contributed by atoms with Crippen LogP contribution in [0.2, 0.25) is 0 Å². The van der Waals surface area contributed by atoms with Gasteiger partial charge in [0.1, 0.15) is 0 Å². The summed E-state index contributed by atoms with van der Waals surface area (Å²) in [5, 5.41) is 3.21. The van der Waals surface area contributed by atoms with Crippen molar-refractivity contribution in [3.63, 3.8) is 0 Å². The van der Waals surface area contributed by atoms with E-state index in [1.165, 1.54) is 5.56 Å². The predicted molar refractivity (Wildman–Crippen MR) is 127 cm³/mol. The first kappa shape index (κ1) is 20.5. The van der Waals surface area contributed by atoms with Crippen molar-refractivity contribution in [2.45, 2.75) is 20.0 Å². The molecular formula is C24H27N7O. The Labute approximate surface area is 186 Å². The molecule has 2 aromatic carbocycles. The van der Waals surface area contributed by atoms with Crippen LogP contribution in [0.3, 0.4) is 0 Å². The highest BCUT2D eigenvalue weighted by atomic mass is 16.1. The maximum atomic E-state index is 12.5. The lowest BCUT2D eigenvalue weighted by Crippen LogP contribution is -2.43. The summed E-state index contributed by atoms with van der Waals surface area (Å²) in [5.74, 6) is 0.393. The fourth-order valence-corrected chi connectivity index (χ4v) is 3.98. The lowest BCUT2D eigenvalue weighted by molar-refractivity contribution is 0.148. The van der Waals surface area contributed by atoms with Crippen molar-refractivity contribution in [1.29, 1.82) is 0 Å². The van der Waals surface area contributed by atoms with Crippen molar-refractivity contribution in [1.82, 2.24) is 29.7 Å². The monoisotopic (exact) mass is 429 g/mol. The minimum atomic E-state index is -0.295. The second kappa shape index (κ2) is 8.64. The molecular weight excluding hydrogens is 402 g/mol. The van der Waals surface area contributed by atoms with Gasteiger partial charge in [0, 0.05) is 39.3 Å². The number of rotatable bonds is 5. The first-order valence-electron chi connectivity index (χ1n) is 10.9. The topological polar surface area (TPSA) is 90.0 Å². The molecule has 0 amide bonds. The highest BCUT2D eigenvalue weighted by molar-refractivity contribution is 5.84. The summed E-state index contributed by atoms with van der Waals surface area (Å²) in [5.41, 5.74) is 5.23. The molecule has 0 atom stereocenters. The van der Waals surface area contributed by atoms with Crippen LogP contribution in [0.4, 0.5) is 5.95 Å². The number of hydrogen-bond donors (Lipinski definition) is 2. The molecule has 0 saturated carbocycles. The van der Waals surface area contributed by atoms with E-state index in [1.54, 1.807) is 0 Å². The SMILES string of the molecule is Cc1ccc2nc3nc(NCc4ccc(CN5CCN(C)CC5)cc4)[nH]c(=O)c3nc2c1. The van der Waals surface area contributed by atoms with Gasteiger partial charge in [-0.2, -0.15) is 4.98 Å². The molecule has 32 heavy (non-hydrogen) atoms. The Morgan fingerprint density at radius 3 is 2.47 bits per heavy atom. The third kappa shape index (κ3) is 4.46. The van der Waals surface area contributed by atoms with E-state index in [-0.39, 0.29) is 11.1 Å². The summed E-state index contributed by atoms with van der Waals surface area (Å²) in [7, 11) is 2.17. The first-order chi connectivity index (χ1) is 15.5. The number of anilines is 1. The van der Waals surface area contributed by atoms with E-state index in [1.807, 2.05) is 25.1 Å². The van der Waals surface area contributed by atoms with Gasteiger partial charge < -0.3 is 10.2 Å². The van der Waals surface area contributed by atoms with Gasteiger partial charge in [0.25, 0.3) is 5.56 Å². The quantitative estimate of drug-likeness (QED) is 0.471. The van der Waals surface area contributed by atoms with Crippen molar-refractivity contribution >= 4 is 28.1 Å². The van der Waals surface area contributed by atoms with Gasteiger partial charge in [-0.05, 0) is 42.8 Å². The van der Waals surface area contributed by atoms with Crippen LogP contribution in [-0.2, 0) is 13.1 Å². The molecule has 1 fully saturated rings. The van der Waals surface area contributed by atoms with Crippen LogP contribution in [0.15, 0.2) is 47.3 Å². The zero-order valence-corrected chi connectivity index (χ0v) is 18.4. The molecule has 0 bridgehead atoms. The second-order valence-corrected chi connectivity index (χ2v) is 8.55. The zero-order valence-electron chi connectivity index (χ0n) is 18.4. The van der Waals surface area contributed by atoms with E-state index in [0.717, 1.165) is 49.4 Å². The maximum absolute atomic E-state index is 12.5. The molecule has 164 valence electrons. The summed E-state index contributed by atoms with van der Waals surface area (Å²) in [6.07, 6.45) is 0. The molecule has 8 nitrogen and oxygen atoms in total. The standard InChI is InChI=1S/C24H27N7O/c1-16-3-8-19-20(13-16)26-21-22(27-19)28-24(29-23(21)32)25-14-17-4-6-18(7-5-17)15-31-11-9-30(2)10-12-31/h3-8,13H,9-12,14-15H2,1-2H3,(H2,25,27,28,29,32). The number of nitrogens with zero attached hydrogens (tertiary/aromatic N) is 5. The molecule has 1 aliphatic heterocycles. The largest absolute Gasteiger partial charge is 0.352 e. The Morgan fingerprint density at radius 1 is 0.938 bits per heavy atom. The molecule has 0 aliphatic carbocycles. The zero-order chi connectivity index (χ0) is 22.1. The summed E-state index contributed by atoms with van der Waals surface area (Å²) in [6.45, 7) is 7.99. The molecule has 1 saturated heterocycles. The van der Waals surface area contributed by atoms with Crippen LogP contribution < -0.4 is 10.9 Å². The van der Waals surface area contributed by atoms with Crippen LogP contribution in [0, 0.1) is 6.92 Å². The molecule has 8 heteroatoms. The number of piperazine rings is 1. The van der Waals surface area contributed by atoms with Crippen molar-refractivity contribution < 1.29 is 0 Å². The van der Waals surface area contributed by atoms with E-state index in [4.69, 9.17) is 0 Å². The fraction of sp³-hybridized carbons (Fsp3) is 0.333. The van der Waals surface area contributed by atoms with E-state index >= 15 is 0 Å². The Bertz CT molecular complexity index is 1310. The van der Waals surface area contributed by atoms with Crippen LogP contribution >= 0.6 is 0 Å². The summed E-state index contributed by atoms with van der Waals surface area (Å²) in [6, 6.07) is 14.4. The van der Waals surface area contributed by atoms with Gasteiger partial charge in [-0.25, -0.2) is 9.97 Å². The average Bonchev–Trinajstić information content (AvgIpc) is 2.79. The summed E-state index contributed by atoms with van der Waals surface area (Å²) >= 11 is 0. The van der Waals surface area contributed by atoms with E-state index in [9.17, 15) is 4.79 Å². The highest BCUT2D eigenvalue weighted by Gasteiger charge is 2.14. The van der Waals surface area contributed by atoms with Gasteiger partial charge in [-0.3, -0.25) is 14.7 Å². The number of likely N-dealkylation sites (N-methyl/N-ethyl adjacent to an activating group) is 1. The minimum absolute atomic E-state index is 0.252. The van der Waals surface area contributed by atoms with Gasteiger partial charge in [-0.1, -0.05) is 30.3 Å². The molecule has 0 spiro atoms. The first-order valence-corrected chi connectivity index (χ1v) is 10.9. The normalized spacial score (nSPS) is 15.4. The number of nitrogens with one attached hydrogen (secondary N) is 2. The second-order valence-electron chi connectivity index (χ2n) is 8.55. The molecule has 0 unspecified atom stereocenters. The van der Waals surface area contributed by atoms with Gasteiger partial charge in [0.2, 0.25) is 5.95 Å². The molecule has 0 radical (unpaired) electrons. The van der Waals surface area contributed by atoms with Crippen molar-refractivity contribution in [3.05, 3.63) is 69.5 Å². The van der Waals surface area contributed by atoms with Crippen LogP contribution in [0.1, 0.15) is 16.7 Å². The summed E-state index contributed by atoms with van der Waals surface area (Å²) < 4.78 is 0.